The number of piperazine rings is 1. The zero-order valence-electron chi connectivity index (χ0n) is 18.7. The number of thiophene rings is 1. The lowest BCUT2D eigenvalue weighted by molar-refractivity contribution is -0.127. The Balaban J connectivity index is 1.59. The molecule has 0 N–H and O–H groups in total. The minimum absolute atomic E-state index is 0.0715. The molecule has 1 amide bonds. The number of rotatable bonds is 5. The second kappa shape index (κ2) is 9.56. The molecule has 1 aromatic carbocycles. The lowest BCUT2D eigenvalue weighted by Crippen LogP contribution is -2.50. The largest absolute Gasteiger partial charge is 0.465 e. The summed E-state index contributed by atoms with van der Waals surface area (Å²) < 4.78 is 31.8. The van der Waals surface area contributed by atoms with Crippen LogP contribution in [0.25, 0.3) is 6.08 Å². The smallest absolute Gasteiger partial charge is 0.338 e. The van der Waals surface area contributed by atoms with E-state index in [0.717, 1.165) is 16.9 Å². The average Bonchev–Trinajstić information content (AvgIpc) is 3.28. The van der Waals surface area contributed by atoms with Gasteiger partial charge in [0.2, 0.25) is 5.91 Å². The molecule has 0 radical (unpaired) electrons. The van der Waals surface area contributed by atoms with Crippen molar-refractivity contribution in [1.29, 1.82) is 0 Å². The first kappa shape index (κ1) is 24.2. The van der Waals surface area contributed by atoms with E-state index in [1.54, 1.807) is 11.0 Å². The molecular formula is C23H28N2O5S2. The van der Waals surface area contributed by atoms with E-state index in [4.69, 9.17) is 0 Å². The molecule has 1 aromatic heterocycles. The number of ether oxygens (including phenoxy) is 1. The van der Waals surface area contributed by atoms with Crippen LogP contribution in [0.2, 0.25) is 0 Å². The number of sulfonamides is 1. The van der Waals surface area contributed by atoms with Gasteiger partial charge in [-0.15, -0.1) is 11.3 Å². The first-order valence-electron chi connectivity index (χ1n) is 10.3. The van der Waals surface area contributed by atoms with Gasteiger partial charge in [0, 0.05) is 37.6 Å². The Kier molecular flexibility index (Phi) is 7.22. The average molecular weight is 477 g/mol. The summed E-state index contributed by atoms with van der Waals surface area (Å²) in [6, 6.07) is 9.42. The molecule has 1 aliphatic heterocycles. The van der Waals surface area contributed by atoms with Gasteiger partial charge < -0.3 is 9.64 Å². The van der Waals surface area contributed by atoms with Crippen molar-refractivity contribution >= 4 is 39.3 Å². The molecule has 1 saturated heterocycles. The molecule has 9 heteroatoms. The normalized spacial score (nSPS) is 15.8. The number of hydrogen-bond acceptors (Lipinski definition) is 6. The zero-order chi connectivity index (χ0) is 23.5. The molecule has 0 unspecified atom stereocenters. The summed E-state index contributed by atoms with van der Waals surface area (Å²) in [7, 11) is -2.47. The molecule has 7 nitrogen and oxygen atoms in total. The van der Waals surface area contributed by atoms with Gasteiger partial charge in [0.1, 0.15) is 4.21 Å². The number of nitrogens with zero attached hydrogens (tertiary/aromatic N) is 2. The van der Waals surface area contributed by atoms with Gasteiger partial charge in [-0.3, -0.25) is 4.79 Å². The SMILES string of the molecule is COC(=O)c1csc(S(=O)(=O)N2CCN(C(=O)/C=C/c3ccc(C(C)(C)C)cc3)CC2)c1. The van der Waals surface area contributed by atoms with E-state index in [0.29, 0.717) is 13.1 Å². The fraction of sp³-hybridized carbons (Fsp3) is 0.391. The van der Waals surface area contributed by atoms with Crippen LogP contribution in [-0.2, 0) is 25.0 Å². The third-order valence-corrected chi connectivity index (χ3v) is 8.65. The van der Waals surface area contributed by atoms with Gasteiger partial charge in [-0.2, -0.15) is 4.31 Å². The number of methoxy groups -OCH3 is 1. The molecule has 0 aliphatic carbocycles. The highest BCUT2D eigenvalue weighted by molar-refractivity contribution is 7.91. The maximum absolute atomic E-state index is 12.9. The zero-order valence-corrected chi connectivity index (χ0v) is 20.3. The van der Waals surface area contributed by atoms with Crippen molar-refractivity contribution in [3.63, 3.8) is 0 Å². The number of benzene rings is 1. The van der Waals surface area contributed by atoms with Gasteiger partial charge in [0.05, 0.1) is 12.7 Å². The molecule has 2 aromatic rings. The van der Waals surface area contributed by atoms with E-state index >= 15 is 0 Å². The Morgan fingerprint density at radius 1 is 1.06 bits per heavy atom. The van der Waals surface area contributed by atoms with Gasteiger partial charge in [0.15, 0.2) is 0 Å². The van der Waals surface area contributed by atoms with Gasteiger partial charge >= 0.3 is 5.97 Å². The van der Waals surface area contributed by atoms with Gasteiger partial charge in [-0.1, -0.05) is 45.0 Å². The van der Waals surface area contributed by atoms with Crippen molar-refractivity contribution in [2.75, 3.05) is 33.3 Å². The summed E-state index contributed by atoms with van der Waals surface area (Å²) >= 11 is 0.987. The Labute approximate surface area is 193 Å². The van der Waals surface area contributed by atoms with E-state index in [1.807, 2.05) is 12.1 Å². The standard InChI is InChI=1S/C23H28N2O5S2/c1-23(2,3)19-8-5-17(6-9-19)7-10-20(26)24-11-13-25(14-12-24)32(28,29)21-15-18(16-31-21)22(27)30-4/h5-10,15-16H,11-14H2,1-4H3/b10-7+. The number of amides is 1. The molecule has 1 aliphatic rings. The highest BCUT2D eigenvalue weighted by atomic mass is 32.2. The minimum Gasteiger partial charge on any atom is -0.465 e. The third-order valence-electron chi connectivity index (χ3n) is 5.34. The second-order valence-corrected chi connectivity index (χ2v) is 11.7. The van der Waals surface area contributed by atoms with Crippen LogP contribution in [0.1, 0.15) is 42.3 Å². The van der Waals surface area contributed by atoms with E-state index in [1.165, 1.54) is 34.5 Å². The van der Waals surface area contributed by atoms with Crippen LogP contribution in [-0.4, -0.2) is 62.8 Å². The van der Waals surface area contributed by atoms with Crippen LogP contribution in [0.4, 0.5) is 0 Å². The third kappa shape index (κ3) is 5.46. The summed E-state index contributed by atoms with van der Waals surface area (Å²) in [5.74, 6) is -0.719. The van der Waals surface area contributed by atoms with E-state index in [-0.39, 0.29) is 34.2 Å². The van der Waals surface area contributed by atoms with Crippen LogP contribution in [0.5, 0.6) is 0 Å². The van der Waals surface area contributed by atoms with Crippen molar-refractivity contribution in [3.05, 3.63) is 58.5 Å². The number of esters is 1. The van der Waals surface area contributed by atoms with Gasteiger partial charge in [-0.25, -0.2) is 13.2 Å². The molecule has 0 atom stereocenters. The maximum atomic E-state index is 12.9. The lowest BCUT2D eigenvalue weighted by atomic mass is 9.87. The van der Waals surface area contributed by atoms with Crippen molar-refractivity contribution in [3.8, 4) is 0 Å². The first-order valence-corrected chi connectivity index (χ1v) is 12.6. The van der Waals surface area contributed by atoms with Crippen LogP contribution >= 0.6 is 11.3 Å². The molecule has 0 saturated carbocycles. The number of carbonyl (C=O) groups is 2. The van der Waals surface area contributed by atoms with Crippen LogP contribution in [0.3, 0.4) is 0 Å². The Bertz CT molecular complexity index is 1100. The quantitative estimate of drug-likeness (QED) is 0.488. The summed E-state index contributed by atoms with van der Waals surface area (Å²) in [6.07, 6.45) is 3.30. The molecular weight excluding hydrogens is 448 g/mol. The summed E-state index contributed by atoms with van der Waals surface area (Å²) in [4.78, 5) is 25.8. The lowest BCUT2D eigenvalue weighted by Gasteiger charge is -2.33. The van der Waals surface area contributed by atoms with Gasteiger partial charge in [0.25, 0.3) is 10.0 Å². The molecule has 2 heterocycles. The summed E-state index contributed by atoms with van der Waals surface area (Å²) in [5, 5.41) is 1.47. The Morgan fingerprint density at radius 3 is 2.25 bits per heavy atom. The van der Waals surface area contributed by atoms with Crippen molar-refractivity contribution < 1.29 is 22.7 Å². The number of hydrogen-bond donors (Lipinski definition) is 0. The van der Waals surface area contributed by atoms with Crippen LogP contribution in [0, 0.1) is 0 Å². The highest BCUT2D eigenvalue weighted by Crippen LogP contribution is 2.26. The molecule has 1 fully saturated rings. The van der Waals surface area contributed by atoms with Crippen molar-refractivity contribution in [2.45, 2.75) is 30.4 Å². The fourth-order valence-electron chi connectivity index (χ4n) is 3.32. The fourth-order valence-corrected chi connectivity index (χ4v) is 6.04. The highest BCUT2D eigenvalue weighted by Gasteiger charge is 2.31. The monoisotopic (exact) mass is 476 g/mol. The molecule has 0 spiro atoms. The van der Waals surface area contributed by atoms with E-state index < -0.39 is 16.0 Å². The number of carbonyl (C=O) groups excluding carboxylic acids is 2. The topological polar surface area (TPSA) is 84.0 Å². The Hall–Kier alpha value is -2.49. The van der Waals surface area contributed by atoms with Crippen molar-refractivity contribution in [1.82, 2.24) is 9.21 Å². The maximum Gasteiger partial charge on any atom is 0.338 e. The first-order chi connectivity index (χ1) is 15.0. The van der Waals surface area contributed by atoms with Crippen LogP contribution in [0.15, 0.2) is 46.0 Å². The van der Waals surface area contributed by atoms with Gasteiger partial charge in [-0.05, 0) is 28.7 Å². The predicted octanol–water partition coefficient (Wildman–Crippen LogP) is 3.38. The Morgan fingerprint density at radius 2 is 1.69 bits per heavy atom. The van der Waals surface area contributed by atoms with Crippen LogP contribution < -0.4 is 0 Å². The van der Waals surface area contributed by atoms with Crippen molar-refractivity contribution in [2.24, 2.45) is 0 Å². The summed E-state index contributed by atoms with van der Waals surface area (Å²) in [6.45, 7) is 7.47. The molecule has 0 bridgehead atoms. The minimum atomic E-state index is -3.72. The summed E-state index contributed by atoms with van der Waals surface area (Å²) in [5.41, 5.74) is 2.45. The van der Waals surface area contributed by atoms with E-state index in [2.05, 4.69) is 37.6 Å². The molecule has 32 heavy (non-hydrogen) atoms. The predicted molar refractivity (Wildman–Crippen MR) is 125 cm³/mol. The molecule has 172 valence electrons. The molecule has 3 rings (SSSR count). The second-order valence-electron chi connectivity index (χ2n) is 8.58. The van der Waals surface area contributed by atoms with E-state index in [9.17, 15) is 18.0 Å².